The van der Waals surface area contributed by atoms with Crippen LogP contribution in [0.25, 0.3) is 0 Å². The monoisotopic (exact) mass is 244 g/mol. The first-order valence-corrected chi connectivity index (χ1v) is 4.64. The van der Waals surface area contributed by atoms with Gasteiger partial charge in [0.25, 0.3) is 0 Å². The zero-order chi connectivity index (χ0) is 12.8. The van der Waals surface area contributed by atoms with Gasteiger partial charge in [0.15, 0.2) is 0 Å². The average molecular weight is 244 g/mol. The quantitative estimate of drug-likeness (QED) is 0.310. The fourth-order valence-corrected chi connectivity index (χ4v) is 0.932. The highest BCUT2D eigenvalue weighted by Crippen LogP contribution is 2.22. The lowest BCUT2D eigenvalue weighted by Crippen LogP contribution is -2.40. The van der Waals surface area contributed by atoms with Gasteiger partial charge in [-0.1, -0.05) is 11.6 Å². The molecule has 0 aliphatic heterocycles. The third-order valence-electron chi connectivity index (χ3n) is 1.66. The van der Waals surface area contributed by atoms with Crippen LogP contribution < -0.4 is 11.3 Å². The van der Waals surface area contributed by atoms with Gasteiger partial charge in [-0.2, -0.15) is 8.78 Å². The fourth-order valence-electron chi connectivity index (χ4n) is 0.932. The van der Waals surface area contributed by atoms with Crippen molar-refractivity contribution in [1.29, 1.82) is 0 Å². The Hall–Kier alpha value is -0.660. The van der Waals surface area contributed by atoms with Crippen LogP contribution in [0.4, 0.5) is 17.6 Å². The van der Waals surface area contributed by atoms with E-state index >= 15 is 0 Å². The van der Waals surface area contributed by atoms with Crippen LogP contribution in [-0.4, -0.2) is 31.6 Å². The molecule has 7 heteroatoms. The van der Waals surface area contributed by atoms with Crippen molar-refractivity contribution in [2.75, 3.05) is 13.2 Å². The van der Waals surface area contributed by atoms with Gasteiger partial charge in [0.05, 0.1) is 12.6 Å². The predicted octanol–water partition coefficient (Wildman–Crippen LogP) is 1.70. The Morgan fingerprint density at radius 3 is 2.38 bits per heavy atom. The van der Waals surface area contributed by atoms with E-state index in [4.69, 9.17) is 5.84 Å². The number of nitrogens with one attached hydrogen (secondary N) is 1. The van der Waals surface area contributed by atoms with E-state index < -0.39 is 25.0 Å². The largest absolute Gasteiger partial charge is 0.373 e. The molecule has 3 N–H and O–H groups in total. The molecule has 0 bridgehead atoms. The summed E-state index contributed by atoms with van der Waals surface area (Å²) in [5.41, 5.74) is 3.22. The summed E-state index contributed by atoms with van der Waals surface area (Å²) >= 11 is 0. The van der Waals surface area contributed by atoms with Crippen LogP contribution in [0.15, 0.2) is 11.6 Å². The SMILES string of the molecule is CC(C)=CC(COCC(F)(F)C(F)F)NN. The van der Waals surface area contributed by atoms with E-state index in [1.54, 1.807) is 19.9 Å². The molecular weight excluding hydrogens is 228 g/mol. The van der Waals surface area contributed by atoms with Crippen molar-refractivity contribution >= 4 is 0 Å². The van der Waals surface area contributed by atoms with E-state index in [9.17, 15) is 17.6 Å². The molecule has 0 saturated carbocycles. The summed E-state index contributed by atoms with van der Waals surface area (Å²) in [5, 5.41) is 0. The molecule has 0 spiro atoms. The summed E-state index contributed by atoms with van der Waals surface area (Å²) in [7, 11) is 0. The van der Waals surface area contributed by atoms with Gasteiger partial charge >= 0.3 is 12.3 Å². The molecule has 0 radical (unpaired) electrons. The molecule has 16 heavy (non-hydrogen) atoms. The minimum Gasteiger partial charge on any atom is -0.373 e. The van der Waals surface area contributed by atoms with E-state index in [0.29, 0.717) is 0 Å². The maximum Gasteiger partial charge on any atom is 0.330 e. The Bertz CT molecular complexity index is 230. The third-order valence-corrected chi connectivity index (χ3v) is 1.66. The van der Waals surface area contributed by atoms with E-state index in [1.807, 2.05) is 0 Å². The minimum absolute atomic E-state index is 0.190. The van der Waals surface area contributed by atoms with Crippen molar-refractivity contribution in [3.8, 4) is 0 Å². The van der Waals surface area contributed by atoms with Gasteiger partial charge in [-0.05, 0) is 13.8 Å². The molecule has 0 aliphatic carbocycles. The number of hydrogen-bond donors (Lipinski definition) is 2. The van der Waals surface area contributed by atoms with E-state index in [0.717, 1.165) is 5.57 Å². The number of rotatable bonds is 7. The zero-order valence-corrected chi connectivity index (χ0v) is 9.14. The molecule has 0 aromatic heterocycles. The van der Waals surface area contributed by atoms with Crippen LogP contribution in [0.5, 0.6) is 0 Å². The average Bonchev–Trinajstić information content (AvgIpc) is 2.15. The normalized spacial score (nSPS) is 14.0. The summed E-state index contributed by atoms with van der Waals surface area (Å²) < 4.78 is 52.8. The molecule has 0 aromatic rings. The fraction of sp³-hybridized carbons (Fsp3) is 0.778. The molecule has 1 unspecified atom stereocenters. The minimum atomic E-state index is -4.12. The second-order valence-electron chi connectivity index (χ2n) is 3.59. The lowest BCUT2D eigenvalue weighted by atomic mass is 10.2. The maximum absolute atomic E-state index is 12.4. The molecule has 0 rings (SSSR count). The second kappa shape index (κ2) is 6.82. The second-order valence-corrected chi connectivity index (χ2v) is 3.59. The molecule has 0 heterocycles. The number of allylic oxidation sites excluding steroid dienone is 1. The summed E-state index contributed by atoms with van der Waals surface area (Å²) in [5.74, 6) is 1.000. The Balaban J connectivity index is 4.01. The molecule has 1 atom stereocenters. The highest BCUT2D eigenvalue weighted by atomic mass is 19.3. The van der Waals surface area contributed by atoms with E-state index in [1.165, 1.54) is 0 Å². The van der Waals surface area contributed by atoms with Crippen LogP contribution in [0.1, 0.15) is 13.8 Å². The number of ether oxygens (including phenoxy) is 1. The van der Waals surface area contributed by atoms with Crippen molar-refractivity contribution in [1.82, 2.24) is 5.43 Å². The highest BCUT2D eigenvalue weighted by molar-refractivity contribution is 5.00. The summed E-state index contributed by atoms with van der Waals surface area (Å²) in [4.78, 5) is 0. The predicted molar refractivity (Wildman–Crippen MR) is 52.3 cm³/mol. The number of alkyl halides is 4. The van der Waals surface area contributed by atoms with Gasteiger partial charge in [0, 0.05) is 0 Å². The van der Waals surface area contributed by atoms with Crippen LogP contribution in [0.3, 0.4) is 0 Å². The van der Waals surface area contributed by atoms with E-state index in [2.05, 4.69) is 10.2 Å². The number of hydrogen-bond acceptors (Lipinski definition) is 3. The van der Waals surface area contributed by atoms with Crippen molar-refractivity contribution in [3.63, 3.8) is 0 Å². The zero-order valence-electron chi connectivity index (χ0n) is 9.14. The third kappa shape index (κ3) is 6.04. The topological polar surface area (TPSA) is 47.3 Å². The van der Waals surface area contributed by atoms with Crippen molar-refractivity contribution in [3.05, 3.63) is 11.6 Å². The van der Waals surface area contributed by atoms with Crippen LogP contribution in [0, 0.1) is 0 Å². The molecule has 0 fully saturated rings. The first-order chi connectivity index (χ1) is 7.29. The van der Waals surface area contributed by atoms with Crippen molar-refractivity contribution in [2.45, 2.75) is 32.2 Å². The first-order valence-electron chi connectivity index (χ1n) is 4.64. The Morgan fingerprint density at radius 1 is 1.44 bits per heavy atom. The van der Waals surface area contributed by atoms with Gasteiger partial charge in [-0.15, -0.1) is 0 Å². The Kier molecular flexibility index (Phi) is 6.54. The summed E-state index contributed by atoms with van der Waals surface area (Å²) in [6, 6.07) is -0.474. The van der Waals surface area contributed by atoms with Gasteiger partial charge in [0.1, 0.15) is 6.61 Å². The molecule has 0 saturated heterocycles. The smallest absolute Gasteiger partial charge is 0.330 e. The lowest BCUT2D eigenvalue weighted by molar-refractivity contribution is -0.166. The van der Waals surface area contributed by atoms with Gasteiger partial charge in [-0.3, -0.25) is 11.3 Å². The van der Waals surface area contributed by atoms with Gasteiger partial charge < -0.3 is 4.74 Å². The van der Waals surface area contributed by atoms with Crippen molar-refractivity contribution in [2.24, 2.45) is 5.84 Å². The van der Waals surface area contributed by atoms with Crippen molar-refractivity contribution < 1.29 is 22.3 Å². The summed E-state index contributed by atoms with van der Waals surface area (Å²) in [6.45, 7) is 2.07. The molecular formula is C9H16F4N2O. The number of halogens is 4. The lowest BCUT2D eigenvalue weighted by Gasteiger charge is -2.17. The Labute approximate surface area is 91.6 Å². The Morgan fingerprint density at radius 2 is 2.00 bits per heavy atom. The first kappa shape index (κ1) is 15.3. The van der Waals surface area contributed by atoms with E-state index in [-0.39, 0.29) is 6.61 Å². The molecule has 0 aliphatic rings. The van der Waals surface area contributed by atoms with Crippen LogP contribution >= 0.6 is 0 Å². The summed E-state index contributed by atoms with van der Waals surface area (Å²) in [6.07, 6.45) is -2.07. The van der Waals surface area contributed by atoms with Crippen LogP contribution in [0.2, 0.25) is 0 Å². The van der Waals surface area contributed by atoms with Gasteiger partial charge in [0.2, 0.25) is 0 Å². The molecule has 0 amide bonds. The highest BCUT2D eigenvalue weighted by Gasteiger charge is 2.41. The standard InChI is InChI=1S/C9H16F4N2O/c1-6(2)3-7(15-14)4-16-5-9(12,13)8(10)11/h3,7-8,15H,4-5,14H2,1-2H3. The number of nitrogens with two attached hydrogens (primary N) is 1. The maximum atomic E-state index is 12.4. The van der Waals surface area contributed by atoms with Gasteiger partial charge in [-0.25, -0.2) is 8.78 Å². The molecule has 96 valence electrons. The molecule has 3 nitrogen and oxygen atoms in total. The number of hydrazine groups is 1. The molecule has 0 aromatic carbocycles. The van der Waals surface area contributed by atoms with Crippen LogP contribution in [-0.2, 0) is 4.74 Å².